The monoisotopic (exact) mass is 365 g/mol. The van der Waals surface area contributed by atoms with Crippen LogP contribution in [-0.4, -0.2) is 28.7 Å². The highest BCUT2D eigenvalue weighted by Gasteiger charge is 2.25. The van der Waals surface area contributed by atoms with Gasteiger partial charge in [-0.15, -0.1) is 0 Å². The minimum absolute atomic E-state index is 0.0522. The van der Waals surface area contributed by atoms with Gasteiger partial charge in [0.2, 0.25) is 0 Å². The van der Waals surface area contributed by atoms with Crippen LogP contribution in [0.5, 0.6) is 0 Å². The minimum Gasteiger partial charge on any atom is -0.337 e. The number of halogens is 3. The summed E-state index contributed by atoms with van der Waals surface area (Å²) in [4.78, 5) is 14.4. The Morgan fingerprint density at radius 1 is 1.50 bits per heavy atom. The fraction of sp³-hybridized carbons (Fsp3) is 0.364. The van der Waals surface area contributed by atoms with Crippen LogP contribution in [0.2, 0.25) is 5.02 Å². The van der Waals surface area contributed by atoms with Crippen molar-refractivity contribution >= 4 is 49.4 Å². The molecule has 2 rings (SSSR count). The number of alkyl halides is 1. The van der Waals surface area contributed by atoms with E-state index in [-0.39, 0.29) is 5.91 Å². The number of nitrogens with zero attached hydrogens (tertiary/aromatic N) is 1. The first-order valence-electron chi connectivity index (χ1n) is 4.96. The Balaban J connectivity index is 2.18. The van der Waals surface area contributed by atoms with Crippen molar-refractivity contribution in [3.8, 4) is 0 Å². The summed E-state index contributed by atoms with van der Waals surface area (Å²) in [6, 6.07) is 5.30. The molecule has 1 aliphatic rings. The average molecular weight is 367 g/mol. The number of hydrogen-bond acceptors (Lipinski definition) is 1. The summed E-state index contributed by atoms with van der Waals surface area (Å²) in [6.45, 7) is 1.58. The maximum atomic E-state index is 12.1. The summed E-state index contributed by atoms with van der Waals surface area (Å²) in [7, 11) is 0. The molecule has 0 aromatic heterocycles. The number of hydrogen-bond donors (Lipinski definition) is 0. The molecule has 1 saturated heterocycles. The third-order valence-corrected chi connectivity index (χ3v) is 4.56. The molecule has 1 amide bonds. The maximum absolute atomic E-state index is 12.1. The Kier molecular flexibility index (Phi) is 3.93. The second-order valence-electron chi connectivity index (χ2n) is 3.77. The predicted octanol–water partition coefficient (Wildman–Crippen LogP) is 3.71. The first-order valence-corrected chi connectivity index (χ1v) is 7.05. The Bertz CT molecular complexity index is 424. The SMILES string of the molecule is O=C(c1ccc(Br)c(Cl)c1)N1CCC(Br)C1. The fourth-order valence-electron chi connectivity index (χ4n) is 1.71. The minimum atomic E-state index is 0.0522. The van der Waals surface area contributed by atoms with E-state index >= 15 is 0 Å². The largest absolute Gasteiger partial charge is 0.337 e. The van der Waals surface area contributed by atoms with Crippen LogP contribution in [0.15, 0.2) is 22.7 Å². The molecular weight excluding hydrogens is 357 g/mol. The lowest BCUT2D eigenvalue weighted by atomic mass is 10.2. The highest BCUT2D eigenvalue weighted by atomic mass is 79.9. The summed E-state index contributed by atoms with van der Waals surface area (Å²) >= 11 is 12.8. The Morgan fingerprint density at radius 2 is 2.25 bits per heavy atom. The molecule has 2 nitrogen and oxygen atoms in total. The van der Waals surface area contributed by atoms with Crippen LogP contribution < -0.4 is 0 Å². The van der Waals surface area contributed by atoms with Crippen molar-refractivity contribution in [1.82, 2.24) is 4.90 Å². The lowest BCUT2D eigenvalue weighted by Gasteiger charge is -2.15. The van der Waals surface area contributed by atoms with E-state index in [1.54, 1.807) is 18.2 Å². The molecule has 0 radical (unpaired) electrons. The summed E-state index contributed by atoms with van der Waals surface area (Å²) in [5, 5.41) is 0.570. The normalized spacial score (nSPS) is 20.2. The molecule has 0 spiro atoms. The van der Waals surface area contributed by atoms with Crippen molar-refractivity contribution in [2.45, 2.75) is 11.2 Å². The van der Waals surface area contributed by atoms with E-state index in [9.17, 15) is 4.79 Å². The van der Waals surface area contributed by atoms with Crippen molar-refractivity contribution < 1.29 is 4.79 Å². The van der Waals surface area contributed by atoms with Gasteiger partial charge in [0.1, 0.15) is 0 Å². The van der Waals surface area contributed by atoms with E-state index in [1.165, 1.54) is 0 Å². The lowest BCUT2D eigenvalue weighted by molar-refractivity contribution is 0.0793. The van der Waals surface area contributed by atoms with Crippen molar-refractivity contribution in [2.75, 3.05) is 13.1 Å². The number of carbonyl (C=O) groups excluding carboxylic acids is 1. The van der Waals surface area contributed by atoms with Gasteiger partial charge in [-0.3, -0.25) is 4.79 Å². The topological polar surface area (TPSA) is 20.3 Å². The molecule has 1 fully saturated rings. The number of benzene rings is 1. The molecule has 86 valence electrons. The second-order valence-corrected chi connectivity index (χ2v) is 6.32. The van der Waals surface area contributed by atoms with Gasteiger partial charge >= 0.3 is 0 Å². The van der Waals surface area contributed by atoms with Gasteiger partial charge in [-0.05, 0) is 40.5 Å². The van der Waals surface area contributed by atoms with Crippen LogP contribution in [0.25, 0.3) is 0 Å². The zero-order valence-electron chi connectivity index (χ0n) is 8.42. The van der Waals surface area contributed by atoms with E-state index in [0.29, 0.717) is 15.4 Å². The van der Waals surface area contributed by atoms with Crippen LogP contribution in [-0.2, 0) is 0 Å². The Labute approximate surface area is 116 Å². The van der Waals surface area contributed by atoms with Crippen LogP contribution in [0.1, 0.15) is 16.8 Å². The van der Waals surface area contributed by atoms with Crippen LogP contribution in [0.4, 0.5) is 0 Å². The molecule has 1 unspecified atom stereocenters. The number of rotatable bonds is 1. The maximum Gasteiger partial charge on any atom is 0.253 e. The van der Waals surface area contributed by atoms with Gasteiger partial charge < -0.3 is 4.90 Å². The van der Waals surface area contributed by atoms with Crippen molar-refractivity contribution in [3.05, 3.63) is 33.3 Å². The highest BCUT2D eigenvalue weighted by Crippen LogP contribution is 2.25. The zero-order valence-corrected chi connectivity index (χ0v) is 12.3. The number of likely N-dealkylation sites (tertiary alicyclic amines) is 1. The van der Waals surface area contributed by atoms with Crippen LogP contribution >= 0.6 is 43.5 Å². The first-order chi connectivity index (χ1) is 7.58. The predicted molar refractivity (Wildman–Crippen MR) is 72.4 cm³/mol. The van der Waals surface area contributed by atoms with E-state index in [0.717, 1.165) is 24.0 Å². The van der Waals surface area contributed by atoms with Gasteiger partial charge in [-0.2, -0.15) is 0 Å². The lowest BCUT2D eigenvalue weighted by Crippen LogP contribution is -2.28. The van der Waals surface area contributed by atoms with Gasteiger partial charge in [0.05, 0.1) is 5.02 Å². The molecule has 1 aromatic carbocycles. The van der Waals surface area contributed by atoms with Crippen molar-refractivity contribution in [3.63, 3.8) is 0 Å². The standard InChI is InChI=1S/C11H10Br2ClNO/c12-8-3-4-15(6-8)11(16)7-1-2-9(13)10(14)5-7/h1-2,5,8H,3-4,6H2. The summed E-state index contributed by atoms with van der Waals surface area (Å²) in [5.74, 6) is 0.0522. The molecule has 0 saturated carbocycles. The molecule has 0 N–H and O–H groups in total. The van der Waals surface area contributed by atoms with Crippen molar-refractivity contribution in [2.24, 2.45) is 0 Å². The Hall–Kier alpha value is -0.0600. The van der Waals surface area contributed by atoms with Gasteiger partial charge in [0.25, 0.3) is 5.91 Å². The third-order valence-electron chi connectivity index (χ3n) is 2.58. The van der Waals surface area contributed by atoms with E-state index in [2.05, 4.69) is 31.9 Å². The molecule has 1 atom stereocenters. The van der Waals surface area contributed by atoms with E-state index in [1.807, 2.05) is 4.90 Å². The molecule has 5 heteroatoms. The van der Waals surface area contributed by atoms with E-state index in [4.69, 9.17) is 11.6 Å². The average Bonchev–Trinajstić information content (AvgIpc) is 2.68. The molecule has 0 bridgehead atoms. The smallest absolute Gasteiger partial charge is 0.253 e. The summed E-state index contributed by atoms with van der Waals surface area (Å²) in [6.07, 6.45) is 1.01. The van der Waals surface area contributed by atoms with Gasteiger partial charge in [0.15, 0.2) is 0 Å². The third kappa shape index (κ3) is 2.60. The molecule has 16 heavy (non-hydrogen) atoms. The van der Waals surface area contributed by atoms with Gasteiger partial charge in [-0.25, -0.2) is 0 Å². The summed E-state index contributed by atoms with van der Waals surface area (Å²) in [5.41, 5.74) is 0.648. The Morgan fingerprint density at radius 3 is 2.81 bits per heavy atom. The molecule has 0 aliphatic carbocycles. The number of carbonyl (C=O) groups is 1. The van der Waals surface area contributed by atoms with Gasteiger partial charge in [-0.1, -0.05) is 27.5 Å². The van der Waals surface area contributed by atoms with Crippen LogP contribution in [0.3, 0.4) is 0 Å². The molecule has 1 heterocycles. The highest BCUT2D eigenvalue weighted by molar-refractivity contribution is 9.10. The van der Waals surface area contributed by atoms with Crippen LogP contribution in [0, 0.1) is 0 Å². The van der Waals surface area contributed by atoms with Crippen molar-refractivity contribution in [1.29, 1.82) is 0 Å². The van der Waals surface area contributed by atoms with E-state index < -0.39 is 0 Å². The summed E-state index contributed by atoms with van der Waals surface area (Å²) < 4.78 is 0.811. The fourth-order valence-corrected chi connectivity index (χ4v) is 2.70. The first kappa shape index (κ1) is 12.4. The van der Waals surface area contributed by atoms with Gasteiger partial charge in [0, 0.05) is 28.0 Å². The molecular formula is C11H10Br2ClNO. The zero-order chi connectivity index (χ0) is 11.7. The molecule has 1 aliphatic heterocycles. The molecule has 1 aromatic rings. The second kappa shape index (κ2) is 5.07. The quantitative estimate of drug-likeness (QED) is 0.693. The number of amides is 1.